The molecule has 0 bridgehead atoms. The molecule has 1 saturated heterocycles. The van der Waals surface area contributed by atoms with Gasteiger partial charge in [-0.3, -0.25) is 9.59 Å². The van der Waals surface area contributed by atoms with E-state index in [0.717, 1.165) is 12.8 Å². The van der Waals surface area contributed by atoms with Crippen LogP contribution in [0.25, 0.3) is 0 Å². The van der Waals surface area contributed by atoms with Crippen LogP contribution in [0.15, 0.2) is 0 Å². The molecular weight excluding hydrogens is 246 g/mol. The van der Waals surface area contributed by atoms with Crippen LogP contribution in [0, 0.1) is 11.8 Å². The summed E-state index contributed by atoms with van der Waals surface area (Å²) in [5.41, 5.74) is 0. The molecular formula is C14H25NO4. The third-order valence-electron chi connectivity index (χ3n) is 3.49. The van der Waals surface area contributed by atoms with Gasteiger partial charge in [0.05, 0.1) is 5.92 Å². The van der Waals surface area contributed by atoms with Gasteiger partial charge in [0.1, 0.15) is 6.10 Å². The molecule has 1 fully saturated rings. The molecule has 0 radical (unpaired) electrons. The monoisotopic (exact) mass is 271 g/mol. The molecule has 1 heterocycles. The highest BCUT2D eigenvalue weighted by Crippen LogP contribution is 2.18. The largest absolute Gasteiger partial charge is 0.481 e. The van der Waals surface area contributed by atoms with Crippen molar-refractivity contribution >= 4 is 11.9 Å². The van der Waals surface area contributed by atoms with Gasteiger partial charge in [0.15, 0.2) is 0 Å². The van der Waals surface area contributed by atoms with Crippen molar-refractivity contribution < 1.29 is 19.4 Å². The minimum Gasteiger partial charge on any atom is -0.481 e. The molecule has 5 heteroatoms. The summed E-state index contributed by atoms with van der Waals surface area (Å²) in [7, 11) is 0. The number of carbonyl (C=O) groups excluding carboxylic acids is 1. The van der Waals surface area contributed by atoms with Gasteiger partial charge >= 0.3 is 5.97 Å². The van der Waals surface area contributed by atoms with Crippen LogP contribution in [0.1, 0.15) is 40.0 Å². The summed E-state index contributed by atoms with van der Waals surface area (Å²) in [6, 6.07) is 0. The number of hydrogen-bond donors (Lipinski definition) is 1. The Hall–Kier alpha value is -1.10. The number of carbonyl (C=O) groups is 2. The number of piperidine rings is 1. The Balaban J connectivity index is 2.40. The molecule has 2 atom stereocenters. The lowest BCUT2D eigenvalue weighted by Crippen LogP contribution is -2.46. The van der Waals surface area contributed by atoms with E-state index in [9.17, 15) is 9.59 Å². The SMILES string of the molecule is CC(C)CCOC(C)C(=O)N1CCC[C@H](C(=O)O)C1. The zero-order valence-corrected chi connectivity index (χ0v) is 12.1. The number of likely N-dealkylation sites (tertiary alicyclic amines) is 1. The lowest BCUT2D eigenvalue weighted by atomic mass is 9.98. The lowest BCUT2D eigenvalue weighted by molar-refractivity contribution is -0.150. The van der Waals surface area contributed by atoms with E-state index < -0.39 is 18.0 Å². The molecule has 1 aliphatic rings. The number of nitrogens with zero attached hydrogens (tertiary/aromatic N) is 1. The van der Waals surface area contributed by atoms with Gasteiger partial charge in [0, 0.05) is 19.7 Å². The number of carboxylic acid groups (broad SMARTS) is 1. The first-order valence-corrected chi connectivity index (χ1v) is 7.05. The van der Waals surface area contributed by atoms with Gasteiger partial charge in [-0.15, -0.1) is 0 Å². The second-order valence-electron chi connectivity index (χ2n) is 5.66. The third-order valence-corrected chi connectivity index (χ3v) is 3.49. The molecule has 1 N–H and O–H groups in total. The van der Waals surface area contributed by atoms with Crippen LogP contribution in [-0.4, -0.2) is 47.7 Å². The standard InChI is InChI=1S/C14H25NO4/c1-10(2)6-8-19-11(3)13(16)15-7-4-5-12(9-15)14(17)18/h10-12H,4-9H2,1-3H3,(H,17,18)/t11?,12-/m0/s1. The van der Waals surface area contributed by atoms with E-state index in [-0.39, 0.29) is 5.91 Å². The molecule has 1 rings (SSSR count). The van der Waals surface area contributed by atoms with E-state index in [1.807, 2.05) is 0 Å². The summed E-state index contributed by atoms with van der Waals surface area (Å²) < 4.78 is 5.52. The molecule has 0 saturated carbocycles. The van der Waals surface area contributed by atoms with Gasteiger partial charge in [-0.1, -0.05) is 13.8 Å². The van der Waals surface area contributed by atoms with Crippen LogP contribution in [0.5, 0.6) is 0 Å². The smallest absolute Gasteiger partial charge is 0.308 e. The summed E-state index contributed by atoms with van der Waals surface area (Å²) in [6.07, 6.45) is 1.85. The van der Waals surface area contributed by atoms with Crippen LogP contribution >= 0.6 is 0 Å². The number of rotatable bonds is 6. The van der Waals surface area contributed by atoms with E-state index in [4.69, 9.17) is 9.84 Å². The van der Waals surface area contributed by atoms with Crippen molar-refractivity contribution in [1.29, 1.82) is 0 Å². The predicted molar refractivity (Wildman–Crippen MR) is 71.8 cm³/mol. The molecule has 110 valence electrons. The van der Waals surface area contributed by atoms with Crippen LogP contribution in [-0.2, 0) is 14.3 Å². The van der Waals surface area contributed by atoms with E-state index >= 15 is 0 Å². The minimum atomic E-state index is -0.814. The molecule has 0 aliphatic carbocycles. The van der Waals surface area contributed by atoms with Crippen LogP contribution in [0.4, 0.5) is 0 Å². The van der Waals surface area contributed by atoms with E-state index in [1.54, 1.807) is 11.8 Å². The number of amides is 1. The average molecular weight is 271 g/mol. The first-order valence-electron chi connectivity index (χ1n) is 7.05. The molecule has 1 unspecified atom stereocenters. The second-order valence-corrected chi connectivity index (χ2v) is 5.66. The minimum absolute atomic E-state index is 0.0882. The summed E-state index contributed by atoms with van der Waals surface area (Å²) >= 11 is 0. The zero-order valence-electron chi connectivity index (χ0n) is 12.1. The van der Waals surface area contributed by atoms with Gasteiger partial charge < -0.3 is 14.7 Å². The molecule has 5 nitrogen and oxygen atoms in total. The number of hydrogen-bond acceptors (Lipinski definition) is 3. The molecule has 19 heavy (non-hydrogen) atoms. The van der Waals surface area contributed by atoms with Gasteiger partial charge in [0.2, 0.25) is 0 Å². The van der Waals surface area contributed by atoms with Gasteiger partial charge in [-0.2, -0.15) is 0 Å². The second kappa shape index (κ2) is 7.48. The fourth-order valence-corrected chi connectivity index (χ4v) is 2.19. The van der Waals surface area contributed by atoms with Crippen molar-refractivity contribution in [1.82, 2.24) is 4.90 Å². The Labute approximate surface area is 114 Å². The van der Waals surface area contributed by atoms with Crippen molar-refractivity contribution in [3.63, 3.8) is 0 Å². The van der Waals surface area contributed by atoms with E-state index in [1.165, 1.54) is 0 Å². The first kappa shape index (κ1) is 16.0. The maximum absolute atomic E-state index is 12.1. The normalized spacial score (nSPS) is 21.5. The summed E-state index contributed by atoms with van der Waals surface area (Å²) in [5.74, 6) is -0.783. The van der Waals surface area contributed by atoms with Crippen molar-refractivity contribution in [2.75, 3.05) is 19.7 Å². The summed E-state index contributed by atoms with van der Waals surface area (Å²) in [4.78, 5) is 24.7. The van der Waals surface area contributed by atoms with Crippen LogP contribution in [0.2, 0.25) is 0 Å². The van der Waals surface area contributed by atoms with Crippen LogP contribution in [0.3, 0.4) is 0 Å². The highest BCUT2D eigenvalue weighted by molar-refractivity contribution is 5.81. The fourth-order valence-electron chi connectivity index (χ4n) is 2.19. The Kier molecular flexibility index (Phi) is 6.28. The van der Waals surface area contributed by atoms with Gasteiger partial charge in [-0.05, 0) is 32.1 Å². The predicted octanol–water partition coefficient (Wildman–Crippen LogP) is 1.76. The third kappa shape index (κ3) is 5.19. The first-order chi connectivity index (χ1) is 8.91. The topological polar surface area (TPSA) is 66.8 Å². The molecule has 0 aromatic carbocycles. The maximum Gasteiger partial charge on any atom is 0.308 e. The summed E-state index contributed by atoms with van der Waals surface area (Å²) in [5, 5.41) is 9.01. The highest BCUT2D eigenvalue weighted by Gasteiger charge is 2.30. The Bertz CT molecular complexity index is 317. The Morgan fingerprint density at radius 1 is 1.37 bits per heavy atom. The molecule has 0 spiro atoms. The van der Waals surface area contributed by atoms with Crippen LogP contribution < -0.4 is 0 Å². The molecule has 0 aromatic heterocycles. The van der Waals surface area contributed by atoms with Gasteiger partial charge in [0.25, 0.3) is 5.91 Å². The highest BCUT2D eigenvalue weighted by atomic mass is 16.5. The Morgan fingerprint density at radius 2 is 2.05 bits per heavy atom. The quantitative estimate of drug-likeness (QED) is 0.799. The lowest BCUT2D eigenvalue weighted by Gasteiger charge is -2.32. The summed E-state index contributed by atoms with van der Waals surface area (Å²) in [6.45, 7) is 7.48. The molecule has 1 amide bonds. The maximum atomic E-state index is 12.1. The van der Waals surface area contributed by atoms with Crippen molar-refractivity contribution in [3.8, 4) is 0 Å². The molecule has 0 aromatic rings. The number of carboxylic acids is 1. The Morgan fingerprint density at radius 3 is 2.63 bits per heavy atom. The van der Waals surface area contributed by atoms with Crippen molar-refractivity contribution in [2.45, 2.75) is 46.1 Å². The number of ether oxygens (including phenoxy) is 1. The molecule has 1 aliphatic heterocycles. The zero-order chi connectivity index (χ0) is 14.4. The van der Waals surface area contributed by atoms with E-state index in [0.29, 0.717) is 32.0 Å². The van der Waals surface area contributed by atoms with Gasteiger partial charge in [-0.25, -0.2) is 0 Å². The van der Waals surface area contributed by atoms with Crippen molar-refractivity contribution in [2.24, 2.45) is 11.8 Å². The average Bonchev–Trinajstić information content (AvgIpc) is 2.37. The number of aliphatic carboxylic acids is 1. The van der Waals surface area contributed by atoms with E-state index in [2.05, 4.69) is 13.8 Å². The fraction of sp³-hybridized carbons (Fsp3) is 0.857. The van der Waals surface area contributed by atoms with Crippen molar-refractivity contribution in [3.05, 3.63) is 0 Å².